The van der Waals surface area contributed by atoms with Gasteiger partial charge in [-0.3, -0.25) is 14.8 Å². The van der Waals surface area contributed by atoms with E-state index in [1.165, 1.54) is 13.2 Å². The van der Waals surface area contributed by atoms with Crippen LogP contribution in [0.1, 0.15) is 12.1 Å². The minimum Gasteiger partial charge on any atom is -0.381 e. The molecule has 5 rings (SSSR count). The molecule has 0 saturated carbocycles. The van der Waals surface area contributed by atoms with E-state index in [0.29, 0.717) is 29.9 Å². The maximum Gasteiger partial charge on any atom is 0.155 e. The molecule has 29 heavy (non-hydrogen) atoms. The first-order valence-corrected chi connectivity index (χ1v) is 9.26. The van der Waals surface area contributed by atoms with Crippen LogP contribution in [0.2, 0.25) is 0 Å². The standard InChI is InChI=1S/C20H18F2N6O/c1-29-11-20(22)6-4-16-17(13-5-7-23-19-14(13)9-25-26-19)18(27-28(16)10-20)15-3-2-12(21)8-24-15/h2-3,5,7-9H,4,6,10-11H2,1H3,(H,23,25,26). The van der Waals surface area contributed by atoms with Gasteiger partial charge >= 0.3 is 0 Å². The second-order valence-electron chi connectivity index (χ2n) is 7.26. The van der Waals surface area contributed by atoms with E-state index in [4.69, 9.17) is 4.74 Å². The summed E-state index contributed by atoms with van der Waals surface area (Å²) in [5.41, 5.74) is 2.89. The highest BCUT2D eigenvalue weighted by Gasteiger charge is 2.38. The molecule has 0 radical (unpaired) electrons. The number of H-pyrrole nitrogens is 1. The minimum absolute atomic E-state index is 0.00694. The Morgan fingerprint density at radius 3 is 2.93 bits per heavy atom. The number of fused-ring (bicyclic) bond motifs is 2. The second-order valence-corrected chi connectivity index (χ2v) is 7.26. The van der Waals surface area contributed by atoms with Crippen LogP contribution >= 0.6 is 0 Å². The summed E-state index contributed by atoms with van der Waals surface area (Å²) in [6, 6.07) is 4.81. The fourth-order valence-corrected chi connectivity index (χ4v) is 4.00. The van der Waals surface area contributed by atoms with Gasteiger partial charge in [-0.1, -0.05) is 0 Å². The molecular weight excluding hydrogens is 378 g/mol. The lowest BCUT2D eigenvalue weighted by Crippen LogP contribution is -2.39. The molecular formula is C20H18F2N6O. The first-order valence-electron chi connectivity index (χ1n) is 9.26. The summed E-state index contributed by atoms with van der Waals surface area (Å²) in [4.78, 5) is 8.51. The number of nitrogens with one attached hydrogen (secondary N) is 1. The van der Waals surface area contributed by atoms with Gasteiger partial charge in [0.15, 0.2) is 11.3 Å². The van der Waals surface area contributed by atoms with Gasteiger partial charge in [-0.05, 0) is 36.6 Å². The average Bonchev–Trinajstić information content (AvgIpc) is 3.32. The first kappa shape index (κ1) is 17.9. The van der Waals surface area contributed by atoms with E-state index >= 15 is 4.39 Å². The van der Waals surface area contributed by atoms with Crippen LogP contribution in [0.15, 0.2) is 36.8 Å². The fourth-order valence-electron chi connectivity index (χ4n) is 4.00. The summed E-state index contributed by atoms with van der Waals surface area (Å²) < 4.78 is 35.4. The maximum absolute atomic E-state index is 15.2. The zero-order chi connectivity index (χ0) is 20.0. The van der Waals surface area contributed by atoms with E-state index < -0.39 is 11.5 Å². The highest BCUT2D eigenvalue weighted by atomic mass is 19.1. The van der Waals surface area contributed by atoms with E-state index in [2.05, 4.69) is 25.3 Å². The third-order valence-electron chi connectivity index (χ3n) is 5.30. The van der Waals surface area contributed by atoms with Crippen molar-refractivity contribution in [1.82, 2.24) is 29.9 Å². The van der Waals surface area contributed by atoms with E-state index in [-0.39, 0.29) is 13.2 Å². The molecule has 148 valence electrons. The van der Waals surface area contributed by atoms with Gasteiger partial charge in [-0.2, -0.15) is 10.2 Å². The van der Waals surface area contributed by atoms with Gasteiger partial charge in [-0.15, -0.1) is 0 Å². The molecule has 0 aromatic carbocycles. The summed E-state index contributed by atoms with van der Waals surface area (Å²) in [5, 5.41) is 12.5. The molecule has 5 heterocycles. The Hall–Kier alpha value is -3.20. The number of alkyl halides is 1. The number of halogens is 2. The number of aromatic amines is 1. The van der Waals surface area contributed by atoms with Gasteiger partial charge < -0.3 is 4.74 Å². The van der Waals surface area contributed by atoms with Crippen molar-refractivity contribution in [2.75, 3.05) is 13.7 Å². The number of aromatic nitrogens is 6. The Morgan fingerprint density at radius 2 is 2.14 bits per heavy atom. The lowest BCUT2D eigenvalue weighted by Gasteiger charge is -2.30. The lowest BCUT2D eigenvalue weighted by molar-refractivity contribution is 0.0100. The van der Waals surface area contributed by atoms with Crippen LogP contribution < -0.4 is 0 Å². The molecule has 0 aliphatic carbocycles. The Bertz CT molecular complexity index is 1190. The zero-order valence-electron chi connectivity index (χ0n) is 15.7. The Labute approximate surface area is 164 Å². The molecule has 0 fully saturated rings. The van der Waals surface area contributed by atoms with Crippen LogP contribution in [0.5, 0.6) is 0 Å². The zero-order valence-corrected chi connectivity index (χ0v) is 15.7. The van der Waals surface area contributed by atoms with Crippen molar-refractivity contribution in [3.63, 3.8) is 0 Å². The quantitative estimate of drug-likeness (QED) is 0.572. The smallest absolute Gasteiger partial charge is 0.155 e. The highest BCUT2D eigenvalue weighted by molar-refractivity contribution is 5.97. The number of methoxy groups -OCH3 is 1. The summed E-state index contributed by atoms with van der Waals surface area (Å²) in [6.45, 7) is 0.0942. The minimum atomic E-state index is -1.48. The van der Waals surface area contributed by atoms with Crippen molar-refractivity contribution in [2.45, 2.75) is 25.1 Å². The Morgan fingerprint density at radius 1 is 1.24 bits per heavy atom. The SMILES string of the molecule is COCC1(F)CCc2c(-c3ccnc4[nH]ncc34)c(-c3ccc(F)cn3)nn2C1. The topological polar surface area (TPSA) is 81.5 Å². The number of pyridine rings is 2. The normalized spacial score (nSPS) is 18.9. The van der Waals surface area contributed by atoms with Gasteiger partial charge in [0.25, 0.3) is 0 Å². The maximum atomic E-state index is 15.2. The van der Waals surface area contributed by atoms with Crippen LogP contribution in [0, 0.1) is 5.82 Å². The van der Waals surface area contributed by atoms with Crippen molar-refractivity contribution in [3.8, 4) is 22.5 Å². The largest absolute Gasteiger partial charge is 0.381 e. The lowest BCUT2D eigenvalue weighted by atomic mass is 9.91. The van der Waals surface area contributed by atoms with E-state index in [1.807, 2.05) is 6.07 Å². The third-order valence-corrected chi connectivity index (χ3v) is 5.30. The van der Waals surface area contributed by atoms with Gasteiger partial charge in [-0.25, -0.2) is 13.8 Å². The Kier molecular flexibility index (Phi) is 4.13. The molecule has 0 amide bonds. The van der Waals surface area contributed by atoms with Gasteiger partial charge in [0.2, 0.25) is 0 Å². The summed E-state index contributed by atoms with van der Waals surface area (Å²) in [7, 11) is 1.49. The molecule has 1 aliphatic rings. The van der Waals surface area contributed by atoms with Crippen LogP contribution in [0.3, 0.4) is 0 Å². The number of nitrogens with zero attached hydrogens (tertiary/aromatic N) is 5. The number of rotatable bonds is 4. The van der Waals surface area contributed by atoms with Crippen molar-refractivity contribution >= 4 is 11.0 Å². The molecule has 4 aromatic rings. The number of hydrogen-bond donors (Lipinski definition) is 1. The van der Waals surface area contributed by atoms with Crippen molar-refractivity contribution in [3.05, 3.63) is 48.3 Å². The summed E-state index contributed by atoms with van der Waals surface area (Å²) in [6.07, 6.45) is 5.37. The molecule has 1 atom stereocenters. The summed E-state index contributed by atoms with van der Waals surface area (Å²) >= 11 is 0. The van der Waals surface area contributed by atoms with Crippen LogP contribution in [-0.2, 0) is 17.7 Å². The fraction of sp³-hybridized carbons (Fsp3) is 0.300. The van der Waals surface area contributed by atoms with Crippen molar-refractivity contribution < 1.29 is 13.5 Å². The van der Waals surface area contributed by atoms with Crippen LogP contribution in [-0.4, -0.2) is 49.3 Å². The Balaban J connectivity index is 1.74. The molecule has 1 aliphatic heterocycles. The molecule has 7 nitrogen and oxygen atoms in total. The van der Waals surface area contributed by atoms with Crippen molar-refractivity contribution in [2.24, 2.45) is 0 Å². The van der Waals surface area contributed by atoms with Gasteiger partial charge in [0.05, 0.1) is 31.2 Å². The predicted molar refractivity (Wildman–Crippen MR) is 102 cm³/mol. The van der Waals surface area contributed by atoms with E-state index in [1.54, 1.807) is 23.1 Å². The van der Waals surface area contributed by atoms with Crippen molar-refractivity contribution in [1.29, 1.82) is 0 Å². The third kappa shape index (κ3) is 2.98. The molecule has 1 N–H and O–H groups in total. The highest BCUT2D eigenvalue weighted by Crippen LogP contribution is 2.41. The average molecular weight is 396 g/mol. The van der Waals surface area contributed by atoms with E-state index in [0.717, 1.165) is 28.4 Å². The molecule has 0 bridgehead atoms. The molecule has 0 saturated heterocycles. The molecule has 9 heteroatoms. The van der Waals surface area contributed by atoms with Gasteiger partial charge in [0, 0.05) is 30.0 Å². The number of ether oxygens (including phenoxy) is 1. The summed E-state index contributed by atoms with van der Waals surface area (Å²) in [5.74, 6) is -0.428. The molecule has 4 aromatic heterocycles. The second kappa shape index (κ2) is 6.70. The van der Waals surface area contributed by atoms with Gasteiger partial charge in [0.1, 0.15) is 11.5 Å². The first-order chi connectivity index (χ1) is 14.1. The molecule has 0 spiro atoms. The monoisotopic (exact) mass is 396 g/mol. The van der Waals surface area contributed by atoms with E-state index in [9.17, 15) is 4.39 Å². The number of hydrogen-bond acceptors (Lipinski definition) is 5. The van der Waals surface area contributed by atoms with Crippen LogP contribution in [0.25, 0.3) is 33.5 Å². The molecule has 1 unspecified atom stereocenters. The van der Waals surface area contributed by atoms with Crippen LogP contribution in [0.4, 0.5) is 8.78 Å². The predicted octanol–water partition coefficient (Wildman–Crippen LogP) is 3.32.